The van der Waals surface area contributed by atoms with E-state index in [4.69, 9.17) is 30.9 Å². The lowest BCUT2D eigenvalue weighted by atomic mass is 10.1. The lowest BCUT2D eigenvalue weighted by Crippen LogP contribution is -2.26. The molecule has 4 aromatic heterocycles. The number of aryl methyl sites for hydroxylation is 5. The summed E-state index contributed by atoms with van der Waals surface area (Å²) in [5.74, 6) is -1.23. The second-order valence-corrected chi connectivity index (χ2v) is 14.3. The minimum atomic E-state index is -1.02. The fourth-order valence-corrected chi connectivity index (χ4v) is 7.31. The Bertz CT molecular complexity index is 2600. The van der Waals surface area contributed by atoms with E-state index in [0.29, 0.717) is 76.5 Å². The van der Waals surface area contributed by atoms with Crippen molar-refractivity contribution in [2.45, 2.75) is 78.7 Å². The molecular weight excluding hydrogens is 765 g/mol. The smallest absolute Gasteiger partial charge is 0.276 e. The Morgan fingerprint density at radius 2 is 1.44 bits per heavy atom. The van der Waals surface area contributed by atoms with Crippen LogP contribution in [0.25, 0.3) is 22.1 Å². The van der Waals surface area contributed by atoms with Gasteiger partial charge in [-0.1, -0.05) is 0 Å². The molecule has 0 spiro atoms. The molecule has 1 unspecified atom stereocenters. The lowest BCUT2D eigenvalue weighted by Gasteiger charge is -2.27. The van der Waals surface area contributed by atoms with Crippen LogP contribution in [0.15, 0.2) is 36.4 Å². The van der Waals surface area contributed by atoms with Crippen LogP contribution in [0.4, 0.5) is 11.9 Å². The van der Waals surface area contributed by atoms with Crippen LogP contribution in [0.2, 0.25) is 0 Å². The van der Waals surface area contributed by atoms with Crippen molar-refractivity contribution in [1.29, 1.82) is 0 Å². The first kappa shape index (κ1) is 40.4. The third kappa shape index (κ3) is 8.03. The van der Waals surface area contributed by atoms with Crippen molar-refractivity contribution < 1.29 is 38.9 Å². The number of nitrogens with two attached hydrogens (primary N) is 2. The number of carbonyl (C=O) groups excluding carboxylic acids is 4. The van der Waals surface area contributed by atoms with Crippen LogP contribution in [0.5, 0.6) is 11.5 Å². The molecule has 7 rings (SSSR count). The summed E-state index contributed by atoms with van der Waals surface area (Å²) >= 11 is 0. The number of aliphatic hydroxyl groups is 2. The molecule has 20 heteroatoms. The highest BCUT2D eigenvalue weighted by molar-refractivity contribution is 6.05. The quantitative estimate of drug-likeness (QED) is 0.0776. The number of carbonyl (C=O) groups is 4. The predicted octanol–water partition coefficient (Wildman–Crippen LogP) is 2.67. The molecule has 59 heavy (non-hydrogen) atoms. The molecule has 2 atom stereocenters. The number of aromatic nitrogens is 8. The van der Waals surface area contributed by atoms with Crippen LogP contribution < -0.4 is 31.6 Å². The number of rotatable bonds is 17. The highest BCUT2D eigenvalue weighted by Gasteiger charge is 2.30. The van der Waals surface area contributed by atoms with Gasteiger partial charge in [-0.3, -0.25) is 39.2 Å². The van der Waals surface area contributed by atoms with Crippen molar-refractivity contribution in [1.82, 2.24) is 38.7 Å². The topological polar surface area (TPSA) is 275 Å². The largest absolute Gasteiger partial charge is 0.491 e. The maximum absolute atomic E-state index is 13.7. The molecule has 0 saturated heterocycles. The summed E-state index contributed by atoms with van der Waals surface area (Å²) in [7, 11) is 0. The summed E-state index contributed by atoms with van der Waals surface area (Å²) in [6.45, 7) is 8.23. The predicted molar refractivity (Wildman–Crippen MR) is 215 cm³/mol. The molecule has 4 amide bonds. The Hall–Kier alpha value is -6.80. The van der Waals surface area contributed by atoms with E-state index in [1.165, 1.54) is 12.1 Å². The van der Waals surface area contributed by atoms with E-state index < -0.39 is 36.3 Å². The number of nitrogens with zero attached hydrogens (tertiary/aromatic N) is 8. The van der Waals surface area contributed by atoms with Gasteiger partial charge in [0.2, 0.25) is 23.7 Å². The van der Waals surface area contributed by atoms with Crippen LogP contribution in [0.1, 0.15) is 92.2 Å². The third-order valence-electron chi connectivity index (χ3n) is 10.1. The lowest BCUT2D eigenvalue weighted by molar-refractivity contribution is 0.0755. The molecule has 5 heterocycles. The number of hydrogen-bond acceptors (Lipinski definition) is 12. The van der Waals surface area contributed by atoms with Gasteiger partial charge in [-0.25, -0.2) is 9.97 Å². The standard InChI is InChI=1S/C39H46N12O8/c1-5-49-28(12-20(3)46-49)36(56)44-38-42-26-14-22(34(40)54)16-30(58-11-9-25(53)18-52)32(26)48(38)10-7-8-24-19-59-31-17-23(35(41)55)15-27-33(31)51(24)39(43-27)45-37(57)29-13-21(4)47-50(29)6-2/h12-17,24-25,52-53H,5-11,18-19H2,1-4H3,(H2,40,54)(H2,41,55)(H,42,44,56)(H,43,45,57)/t24-,25?/m0/s1. The van der Waals surface area contributed by atoms with Crippen molar-refractivity contribution in [3.8, 4) is 11.5 Å². The summed E-state index contributed by atoms with van der Waals surface area (Å²) < 4.78 is 19.1. The van der Waals surface area contributed by atoms with Crippen molar-refractivity contribution in [2.75, 3.05) is 30.5 Å². The Kier molecular flexibility index (Phi) is 11.4. The van der Waals surface area contributed by atoms with E-state index in [1.54, 1.807) is 52.0 Å². The minimum absolute atomic E-state index is 0.0130. The van der Waals surface area contributed by atoms with Gasteiger partial charge in [0.15, 0.2) is 0 Å². The van der Waals surface area contributed by atoms with Gasteiger partial charge in [0, 0.05) is 37.2 Å². The zero-order valence-corrected chi connectivity index (χ0v) is 33.1. The summed E-state index contributed by atoms with van der Waals surface area (Å²) in [4.78, 5) is 61.5. The van der Waals surface area contributed by atoms with Gasteiger partial charge >= 0.3 is 0 Å². The number of ether oxygens (including phenoxy) is 2. The zero-order chi connectivity index (χ0) is 42.1. The average Bonchev–Trinajstić information content (AvgIpc) is 3.98. The van der Waals surface area contributed by atoms with Crippen LogP contribution in [-0.2, 0) is 19.6 Å². The average molecular weight is 811 g/mol. The highest BCUT2D eigenvalue weighted by atomic mass is 16.5. The first-order valence-corrected chi connectivity index (χ1v) is 19.3. The van der Waals surface area contributed by atoms with Gasteiger partial charge in [-0.15, -0.1) is 0 Å². The number of amides is 4. The molecule has 0 saturated carbocycles. The molecular formula is C39H46N12O8. The first-order chi connectivity index (χ1) is 28.3. The Morgan fingerprint density at radius 1 is 0.864 bits per heavy atom. The summed E-state index contributed by atoms with van der Waals surface area (Å²) in [5, 5.41) is 34.0. The normalized spacial score (nSPS) is 14.0. The van der Waals surface area contributed by atoms with Crippen molar-refractivity contribution >= 4 is 57.6 Å². The number of anilines is 2. The van der Waals surface area contributed by atoms with Crippen molar-refractivity contribution in [3.05, 3.63) is 70.3 Å². The summed E-state index contributed by atoms with van der Waals surface area (Å²) in [5.41, 5.74) is 15.4. The number of nitrogens with one attached hydrogen (secondary N) is 2. The van der Waals surface area contributed by atoms with Crippen LogP contribution >= 0.6 is 0 Å². The Morgan fingerprint density at radius 3 is 2.03 bits per heavy atom. The molecule has 2 aromatic carbocycles. The minimum Gasteiger partial charge on any atom is -0.491 e. The van der Waals surface area contributed by atoms with Gasteiger partial charge in [0.1, 0.15) is 40.5 Å². The second kappa shape index (κ2) is 16.6. The van der Waals surface area contributed by atoms with E-state index in [-0.39, 0.29) is 61.0 Å². The molecule has 1 aliphatic rings. The molecule has 20 nitrogen and oxygen atoms in total. The monoisotopic (exact) mass is 810 g/mol. The number of primary amides is 2. The van der Waals surface area contributed by atoms with Gasteiger partial charge < -0.3 is 40.3 Å². The second-order valence-electron chi connectivity index (χ2n) is 14.3. The molecule has 0 aliphatic carbocycles. The van der Waals surface area contributed by atoms with Gasteiger partial charge in [0.25, 0.3) is 11.8 Å². The number of aliphatic hydroxyl groups excluding tert-OH is 2. The molecule has 0 bridgehead atoms. The zero-order valence-electron chi connectivity index (χ0n) is 33.1. The van der Waals surface area contributed by atoms with Gasteiger partial charge in [-0.2, -0.15) is 10.2 Å². The maximum Gasteiger partial charge on any atom is 0.276 e. The van der Waals surface area contributed by atoms with Crippen LogP contribution in [-0.4, -0.2) is 98.4 Å². The van der Waals surface area contributed by atoms with Crippen LogP contribution in [0, 0.1) is 13.8 Å². The number of imidazole rings is 2. The van der Waals surface area contributed by atoms with Crippen LogP contribution in [0.3, 0.4) is 0 Å². The molecule has 6 aromatic rings. The number of benzene rings is 2. The van der Waals surface area contributed by atoms with Crippen molar-refractivity contribution in [2.24, 2.45) is 11.5 Å². The molecule has 310 valence electrons. The van der Waals surface area contributed by atoms with E-state index in [2.05, 4.69) is 20.8 Å². The highest BCUT2D eigenvalue weighted by Crippen LogP contribution is 2.39. The van der Waals surface area contributed by atoms with Gasteiger partial charge in [-0.05, 0) is 76.9 Å². The Balaban J connectivity index is 1.25. The van der Waals surface area contributed by atoms with E-state index in [0.717, 1.165) is 0 Å². The SMILES string of the molecule is CCn1nc(C)cc1C(=O)Nc1nc2cc(C(N)=O)cc(OCCC(O)CO)c2n1CCC[C@H]1COc2cc(C(N)=O)cc3nc(NC(=O)c4cc(C)nn4CC)n1c23. The fraction of sp³-hybridized carbons (Fsp3) is 0.385. The van der Waals surface area contributed by atoms with Gasteiger partial charge in [0.05, 0.1) is 47.8 Å². The Labute approximate surface area is 337 Å². The fourth-order valence-electron chi connectivity index (χ4n) is 7.31. The van der Waals surface area contributed by atoms with Crippen molar-refractivity contribution in [3.63, 3.8) is 0 Å². The molecule has 8 N–H and O–H groups in total. The van der Waals surface area contributed by atoms with E-state index in [1.807, 2.05) is 18.4 Å². The first-order valence-electron chi connectivity index (χ1n) is 19.3. The maximum atomic E-state index is 13.7. The van der Waals surface area contributed by atoms with E-state index >= 15 is 0 Å². The molecule has 1 aliphatic heterocycles. The summed E-state index contributed by atoms with van der Waals surface area (Å²) in [6, 6.07) is 9.09. The third-order valence-corrected chi connectivity index (χ3v) is 10.1. The van der Waals surface area contributed by atoms with E-state index in [9.17, 15) is 29.4 Å². The number of hydrogen-bond donors (Lipinski definition) is 6. The number of fused-ring (bicyclic) bond motifs is 1. The summed E-state index contributed by atoms with van der Waals surface area (Å²) in [6.07, 6.45) is -0.00807. The molecule has 0 fully saturated rings. The molecule has 0 radical (unpaired) electrons.